The molecule has 0 heterocycles. The van der Waals surface area contributed by atoms with Gasteiger partial charge in [0.2, 0.25) is 0 Å². The van der Waals surface area contributed by atoms with Gasteiger partial charge in [0.15, 0.2) is 0 Å². The van der Waals surface area contributed by atoms with E-state index in [0.717, 1.165) is 16.2 Å². The van der Waals surface area contributed by atoms with Crippen molar-refractivity contribution in [2.24, 2.45) is 0 Å². The van der Waals surface area contributed by atoms with Gasteiger partial charge in [0.05, 0.1) is 12.7 Å². The van der Waals surface area contributed by atoms with Gasteiger partial charge in [-0.25, -0.2) is 4.79 Å². The van der Waals surface area contributed by atoms with Crippen molar-refractivity contribution in [2.45, 2.75) is 18.7 Å². The number of anilines is 1. The van der Waals surface area contributed by atoms with Crippen LogP contribution >= 0.6 is 11.8 Å². The molecule has 1 aromatic carbocycles. The number of nitrogens with two attached hydrogens (primary N) is 1. The van der Waals surface area contributed by atoms with Crippen molar-refractivity contribution in [3.63, 3.8) is 0 Å². The maximum Gasteiger partial charge on any atom is 0.340 e. The number of nitrogen functional groups attached to an aromatic ring is 1. The monoisotopic (exact) mass is 225 g/mol. The lowest BCUT2D eigenvalue weighted by molar-refractivity contribution is 0.0601. The zero-order valence-corrected chi connectivity index (χ0v) is 9.98. The topological polar surface area (TPSA) is 52.3 Å². The second-order valence-corrected chi connectivity index (χ2v) is 4.46. The Hall–Kier alpha value is -1.16. The van der Waals surface area contributed by atoms with Gasteiger partial charge in [-0.3, -0.25) is 0 Å². The van der Waals surface area contributed by atoms with Crippen LogP contribution in [0.3, 0.4) is 0 Å². The van der Waals surface area contributed by atoms with E-state index in [1.165, 1.54) is 7.11 Å². The molecule has 1 aromatic rings. The minimum absolute atomic E-state index is 0.380. The van der Waals surface area contributed by atoms with Gasteiger partial charge < -0.3 is 10.5 Å². The molecule has 0 bridgehead atoms. The number of thioether (sulfide) groups is 1. The molecule has 0 saturated carbocycles. The van der Waals surface area contributed by atoms with Gasteiger partial charge in [-0.2, -0.15) is 0 Å². The minimum Gasteiger partial charge on any atom is -0.465 e. The van der Waals surface area contributed by atoms with E-state index >= 15 is 0 Å². The molecule has 82 valence electrons. The third kappa shape index (κ3) is 2.65. The molecular formula is C11H15NO2S. The summed E-state index contributed by atoms with van der Waals surface area (Å²) in [4.78, 5) is 12.5. The molecule has 4 heteroatoms. The maximum absolute atomic E-state index is 11.4. The number of carbonyl (C=O) groups excluding carboxylic acids is 1. The van der Waals surface area contributed by atoms with Crippen LogP contribution in [0.1, 0.15) is 22.8 Å². The lowest BCUT2D eigenvalue weighted by atomic mass is 10.1. The molecule has 0 radical (unpaired) electrons. The molecule has 0 saturated heterocycles. The molecule has 1 rings (SSSR count). The zero-order chi connectivity index (χ0) is 11.4. The van der Waals surface area contributed by atoms with Crippen LogP contribution in [-0.2, 0) is 4.74 Å². The molecule has 3 nitrogen and oxygen atoms in total. The van der Waals surface area contributed by atoms with E-state index in [0.29, 0.717) is 11.3 Å². The fourth-order valence-electron chi connectivity index (χ4n) is 1.29. The van der Waals surface area contributed by atoms with Crippen LogP contribution in [0, 0.1) is 6.92 Å². The molecule has 0 amide bonds. The minimum atomic E-state index is -0.380. The molecular weight excluding hydrogens is 210 g/mol. The van der Waals surface area contributed by atoms with E-state index in [9.17, 15) is 4.79 Å². The molecule has 0 aromatic heterocycles. The summed E-state index contributed by atoms with van der Waals surface area (Å²) in [6.07, 6.45) is 0. The summed E-state index contributed by atoms with van der Waals surface area (Å²) < 4.78 is 4.68. The van der Waals surface area contributed by atoms with E-state index in [1.54, 1.807) is 17.8 Å². The molecule has 0 aliphatic heterocycles. The number of ether oxygens (including phenoxy) is 1. The molecule has 0 atom stereocenters. The number of benzene rings is 1. The summed E-state index contributed by atoms with van der Waals surface area (Å²) >= 11 is 1.68. The predicted octanol–water partition coefficient (Wildman–Crippen LogP) is 2.48. The average molecular weight is 225 g/mol. The van der Waals surface area contributed by atoms with Crippen molar-refractivity contribution in [1.82, 2.24) is 0 Å². The van der Waals surface area contributed by atoms with E-state index in [4.69, 9.17) is 5.73 Å². The number of esters is 1. The first kappa shape index (κ1) is 11.9. The van der Waals surface area contributed by atoms with E-state index < -0.39 is 0 Å². The zero-order valence-electron chi connectivity index (χ0n) is 9.16. The smallest absolute Gasteiger partial charge is 0.340 e. The molecule has 0 aliphatic carbocycles. The lowest BCUT2D eigenvalue weighted by Gasteiger charge is -2.09. The number of aryl methyl sites for hydroxylation is 1. The highest BCUT2D eigenvalue weighted by Gasteiger charge is 2.13. The second kappa shape index (κ2) is 5.07. The summed E-state index contributed by atoms with van der Waals surface area (Å²) in [5.41, 5.74) is 7.68. The van der Waals surface area contributed by atoms with Gasteiger partial charge in [0.25, 0.3) is 0 Å². The summed E-state index contributed by atoms with van der Waals surface area (Å²) in [5, 5.41) is 0. The Morgan fingerprint density at radius 2 is 2.20 bits per heavy atom. The Morgan fingerprint density at radius 3 is 2.73 bits per heavy atom. The van der Waals surface area contributed by atoms with E-state index in [2.05, 4.69) is 11.7 Å². The first-order chi connectivity index (χ1) is 7.10. The summed E-state index contributed by atoms with van der Waals surface area (Å²) in [5.74, 6) is 0.582. The standard InChI is InChI=1S/C11H15NO2S/c1-4-15-8-5-7(2)10(12)9(6-8)11(13)14-3/h5-6H,4,12H2,1-3H3. The van der Waals surface area contributed by atoms with Crippen molar-refractivity contribution in [2.75, 3.05) is 18.6 Å². The third-order valence-corrected chi connectivity index (χ3v) is 2.93. The van der Waals surface area contributed by atoms with Crippen LogP contribution in [0.2, 0.25) is 0 Å². The number of carbonyl (C=O) groups is 1. The largest absolute Gasteiger partial charge is 0.465 e. The lowest BCUT2D eigenvalue weighted by Crippen LogP contribution is -2.07. The third-order valence-electron chi connectivity index (χ3n) is 2.08. The van der Waals surface area contributed by atoms with Gasteiger partial charge >= 0.3 is 5.97 Å². The molecule has 0 unspecified atom stereocenters. The van der Waals surface area contributed by atoms with E-state index in [1.807, 2.05) is 13.0 Å². The fourth-order valence-corrected chi connectivity index (χ4v) is 2.09. The first-order valence-corrected chi connectivity index (χ1v) is 5.70. The highest BCUT2D eigenvalue weighted by atomic mass is 32.2. The number of hydrogen-bond acceptors (Lipinski definition) is 4. The van der Waals surface area contributed by atoms with E-state index in [-0.39, 0.29) is 5.97 Å². The first-order valence-electron chi connectivity index (χ1n) is 4.71. The quantitative estimate of drug-likeness (QED) is 0.488. The fraction of sp³-hybridized carbons (Fsp3) is 0.364. The van der Waals surface area contributed by atoms with Crippen LogP contribution in [0.15, 0.2) is 17.0 Å². The number of hydrogen-bond donors (Lipinski definition) is 1. The van der Waals surface area contributed by atoms with Gasteiger partial charge in [-0.05, 0) is 30.4 Å². The van der Waals surface area contributed by atoms with Crippen molar-refractivity contribution in [1.29, 1.82) is 0 Å². The number of rotatable bonds is 3. The van der Waals surface area contributed by atoms with Gasteiger partial charge in [-0.15, -0.1) is 11.8 Å². The number of methoxy groups -OCH3 is 1. The second-order valence-electron chi connectivity index (χ2n) is 3.13. The van der Waals surface area contributed by atoms with Crippen LogP contribution in [-0.4, -0.2) is 18.8 Å². The van der Waals surface area contributed by atoms with Crippen molar-refractivity contribution in [3.05, 3.63) is 23.3 Å². The summed E-state index contributed by atoms with van der Waals surface area (Å²) in [6, 6.07) is 3.76. The molecule has 0 fully saturated rings. The predicted molar refractivity (Wildman–Crippen MR) is 63.3 cm³/mol. The van der Waals surface area contributed by atoms with Gasteiger partial charge in [0.1, 0.15) is 0 Å². The highest BCUT2D eigenvalue weighted by Crippen LogP contribution is 2.26. The molecule has 0 aliphatic rings. The van der Waals surface area contributed by atoms with Crippen molar-refractivity contribution in [3.8, 4) is 0 Å². The van der Waals surface area contributed by atoms with Gasteiger partial charge in [0, 0.05) is 10.6 Å². The highest BCUT2D eigenvalue weighted by molar-refractivity contribution is 7.99. The van der Waals surface area contributed by atoms with Crippen LogP contribution in [0.25, 0.3) is 0 Å². The summed E-state index contributed by atoms with van der Waals surface area (Å²) in [6.45, 7) is 3.95. The Labute approximate surface area is 94.0 Å². The van der Waals surface area contributed by atoms with Crippen LogP contribution < -0.4 is 5.73 Å². The SMILES string of the molecule is CCSc1cc(C)c(N)c(C(=O)OC)c1. The van der Waals surface area contributed by atoms with Crippen molar-refractivity contribution >= 4 is 23.4 Å². The van der Waals surface area contributed by atoms with Gasteiger partial charge in [-0.1, -0.05) is 6.92 Å². The Balaban J connectivity index is 3.18. The Kier molecular flexibility index (Phi) is 4.03. The molecule has 0 spiro atoms. The summed E-state index contributed by atoms with van der Waals surface area (Å²) in [7, 11) is 1.36. The molecule has 2 N–H and O–H groups in total. The normalized spacial score (nSPS) is 10.1. The van der Waals surface area contributed by atoms with Crippen LogP contribution in [0.5, 0.6) is 0 Å². The van der Waals surface area contributed by atoms with Crippen LogP contribution in [0.4, 0.5) is 5.69 Å². The maximum atomic E-state index is 11.4. The van der Waals surface area contributed by atoms with Crippen molar-refractivity contribution < 1.29 is 9.53 Å². The average Bonchev–Trinajstić information content (AvgIpc) is 2.22. The Morgan fingerprint density at radius 1 is 1.53 bits per heavy atom. The molecule has 15 heavy (non-hydrogen) atoms. The Bertz CT molecular complexity index is 377.